The van der Waals surface area contributed by atoms with Gasteiger partial charge in [-0.2, -0.15) is 0 Å². The van der Waals surface area contributed by atoms with Gasteiger partial charge in [0.15, 0.2) is 6.10 Å². The minimum absolute atomic E-state index is 0.176. The van der Waals surface area contributed by atoms with Crippen molar-refractivity contribution >= 4 is 11.6 Å². The number of hydrogen-bond donors (Lipinski definition) is 1. The summed E-state index contributed by atoms with van der Waals surface area (Å²) in [6.45, 7) is 5.83. The molecule has 1 amide bonds. The zero-order chi connectivity index (χ0) is 16.7. The van der Waals surface area contributed by atoms with Gasteiger partial charge in [-0.15, -0.1) is 0 Å². The topological polar surface area (TPSA) is 47.6 Å². The highest BCUT2D eigenvalue weighted by atomic mass is 16.5. The first-order valence-corrected chi connectivity index (χ1v) is 7.87. The Morgan fingerprint density at radius 2 is 1.57 bits per heavy atom. The molecule has 0 aromatic heterocycles. The first kappa shape index (κ1) is 16.9. The van der Waals surface area contributed by atoms with E-state index in [0.29, 0.717) is 5.75 Å². The van der Waals surface area contributed by atoms with Gasteiger partial charge in [-0.25, -0.2) is 0 Å². The Kier molecular flexibility index (Phi) is 6.03. The maximum absolute atomic E-state index is 12.2. The zero-order valence-corrected chi connectivity index (χ0v) is 13.8. The van der Waals surface area contributed by atoms with Crippen LogP contribution in [-0.4, -0.2) is 18.1 Å². The molecule has 122 valence electrons. The Labute approximate surface area is 137 Å². The van der Waals surface area contributed by atoms with Crippen LogP contribution in [0, 0.1) is 0 Å². The summed E-state index contributed by atoms with van der Waals surface area (Å²) < 4.78 is 11.3. The van der Waals surface area contributed by atoms with Crippen LogP contribution in [0.4, 0.5) is 5.69 Å². The molecule has 0 aliphatic rings. The van der Waals surface area contributed by atoms with E-state index >= 15 is 0 Å². The van der Waals surface area contributed by atoms with Crippen molar-refractivity contribution < 1.29 is 14.3 Å². The van der Waals surface area contributed by atoms with Gasteiger partial charge in [-0.05, 0) is 56.7 Å². The molecule has 0 heterocycles. The highest BCUT2D eigenvalue weighted by Crippen LogP contribution is 2.18. The van der Waals surface area contributed by atoms with E-state index < -0.39 is 6.10 Å². The van der Waals surface area contributed by atoms with Crippen LogP contribution in [0.1, 0.15) is 27.2 Å². The van der Waals surface area contributed by atoms with Gasteiger partial charge < -0.3 is 14.8 Å². The van der Waals surface area contributed by atoms with E-state index in [4.69, 9.17) is 9.47 Å². The Balaban J connectivity index is 1.89. The Morgan fingerprint density at radius 1 is 0.957 bits per heavy atom. The smallest absolute Gasteiger partial charge is 0.265 e. The van der Waals surface area contributed by atoms with E-state index in [1.807, 2.05) is 61.5 Å². The number of ether oxygens (including phenoxy) is 2. The largest absolute Gasteiger partial charge is 0.491 e. The van der Waals surface area contributed by atoms with Crippen LogP contribution in [0.2, 0.25) is 0 Å². The molecule has 4 heteroatoms. The second-order valence-electron chi connectivity index (χ2n) is 5.42. The number of rotatable bonds is 7. The summed E-state index contributed by atoms with van der Waals surface area (Å²) in [7, 11) is 0. The Hall–Kier alpha value is -2.49. The van der Waals surface area contributed by atoms with Gasteiger partial charge in [-0.1, -0.05) is 25.1 Å². The molecule has 0 saturated heterocycles. The monoisotopic (exact) mass is 313 g/mol. The first-order chi connectivity index (χ1) is 11.1. The number of hydrogen-bond acceptors (Lipinski definition) is 3. The van der Waals surface area contributed by atoms with Gasteiger partial charge in [-0.3, -0.25) is 4.79 Å². The standard InChI is InChI=1S/C19H23NO3/c1-4-14(2)22-18-12-10-16(11-13-18)20-19(21)15(3)23-17-8-6-5-7-9-17/h5-15H,4H2,1-3H3,(H,20,21). The third-order valence-electron chi connectivity index (χ3n) is 3.46. The summed E-state index contributed by atoms with van der Waals surface area (Å²) in [4.78, 5) is 12.2. The second kappa shape index (κ2) is 8.22. The summed E-state index contributed by atoms with van der Waals surface area (Å²) in [5.41, 5.74) is 0.718. The molecule has 0 spiro atoms. The van der Waals surface area contributed by atoms with E-state index in [-0.39, 0.29) is 12.0 Å². The normalized spacial score (nSPS) is 13.0. The molecule has 23 heavy (non-hydrogen) atoms. The number of para-hydroxylation sites is 1. The quantitative estimate of drug-likeness (QED) is 0.830. The molecule has 0 aliphatic carbocycles. The van der Waals surface area contributed by atoms with Crippen LogP contribution in [-0.2, 0) is 4.79 Å². The number of benzene rings is 2. The third kappa shape index (κ3) is 5.33. The zero-order valence-electron chi connectivity index (χ0n) is 13.8. The first-order valence-electron chi connectivity index (χ1n) is 7.87. The lowest BCUT2D eigenvalue weighted by molar-refractivity contribution is -0.122. The van der Waals surface area contributed by atoms with Crippen LogP contribution in [0.15, 0.2) is 54.6 Å². The average molecular weight is 313 g/mol. The van der Waals surface area contributed by atoms with Crippen molar-refractivity contribution in [3.63, 3.8) is 0 Å². The van der Waals surface area contributed by atoms with Crippen LogP contribution in [0.5, 0.6) is 11.5 Å². The van der Waals surface area contributed by atoms with Crippen molar-refractivity contribution in [2.45, 2.75) is 39.4 Å². The van der Waals surface area contributed by atoms with Crippen molar-refractivity contribution in [2.24, 2.45) is 0 Å². The number of nitrogens with one attached hydrogen (secondary N) is 1. The van der Waals surface area contributed by atoms with E-state index in [0.717, 1.165) is 17.9 Å². The fourth-order valence-corrected chi connectivity index (χ4v) is 1.93. The fourth-order valence-electron chi connectivity index (χ4n) is 1.93. The molecule has 0 bridgehead atoms. The van der Waals surface area contributed by atoms with Gasteiger partial charge in [0, 0.05) is 5.69 Å². The lowest BCUT2D eigenvalue weighted by Crippen LogP contribution is -2.30. The number of carbonyl (C=O) groups excluding carboxylic acids is 1. The summed E-state index contributed by atoms with van der Waals surface area (Å²) in [6, 6.07) is 16.6. The molecule has 0 fully saturated rings. The fraction of sp³-hybridized carbons (Fsp3) is 0.316. The van der Waals surface area contributed by atoms with Crippen LogP contribution >= 0.6 is 0 Å². The molecule has 2 rings (SSSR count). The van der Waals surface area contributed by atoms with Crippen molar-refractivity contribution in [1.29, 1.82) is 0 Å². The van der Waals surface area contributed by atoms with Crippen molar-refractivity contribution in [1.82, 2.24) is 0 Å². The van der Waals surface area contributed by atoms with Gasteiger partial charge in [0.1, 0.15) is 11.5 Å². The minimum Gasteiger partial charge on any atom is -0.491 e. The van der Waals surface area contributed by atoms with Gasteiger partial charge in [0.25, 0.3) is 5.91 Å². The van der Waals surface area contributed by atoms with Gasteiger partial charge >= 0.3 is 0 Å². The van der Waals surface area contributed by atoms with E-state index in [9.17, 15) is 4.79 Å². The van der Waals surface area contributed by atoms with Gasteiger partial charge in [0.05, 0.1) is 6.10 Å². The van der Waals surface area contributed by atoms with Crippen LogP contribution < -0.4 is 14.8 Å². The molecular weight excluding hydrogens is 290 g/mol. The Bertz CT molecular complexity index is 610. The highest BCUT2D eigenvalue weighted by molar-refractivity contribution is 5.94. The summed E-state index contributed by atoms with van der Waals surface area (Å²) in [5, 5.41) is 2.84. The summed E-state index contributed by atoms with van der Waals surface area (Å²) in [6.07, 6.45) is 0.551. The van der Waals surface area contributed by atoms with Crippen molar-refractivity contribution in [3.8, 4) is 11.5 Å². The number of carbonyl (C=O) groups is 1. The van der Waals surface area contributed by atoms with Crippen molar-refractivity contribution in [2.75, 3.05) is 5.32 Å². The van der Waals surface area contributed by atoms with Crippen LogP contribution in [0.25, 0.3) is 0 Å². The minimum atomic E-state index is -0.576. The van der Waals surface area contributed by atoms with Gasteiger partial charge in [0.2, 0.25) is 0 Å². The lowest BCUT2D eigenvalue weighted by Gasteiger charge is -2.15. The second-order valence-corrected chi connectivity index (χ2v) is 5.42. The number of amides is 1. The predicted octanol–water partition coefficient (Wildman–Crippen LogP) is 4.27. The number of anilines is 1. The van der Waals surface area contributed by atoms with E-state index in [2.05, 4.69) is 12.2 Å². The maximum Gasteiger partial charge on any atom is 0.265 e. The predicted molar refractivity (Wildman–Crippen MR) is 92.0 cm³/mol. The molecule has 0 aliphatic heterocycles. The third-order valence-corrected chi connectivity index (χ3v) is 3.46. The summed E-state index contributed by atoms with van der Waals surface area (Å²) >= 11 is 0. The molecule has 4 nitrogen and oxygen atoms in total. The van der Waals surface area contributed by atoms with Crippen molar-refractivity contribution in [3.05, 3.63) is 54.6 Å². The molecule has 2 atom stereocenters. The van der Waals surface area contributed by atoms with Crippen LogP contribution in [0.3, 0.4) is 0 Å². The highest BCUT2D eigenvalue weighted by Gasteiger charge is 2.14. The molecular formula is C19H23NO3. The summed E-state index contributed by atoms with van der Waals surface area (Å²) in [5.74, 6) is 1.28. The maximum atomic E-state index is 12.2. The van der Waals surface area contributed by atoms with E-state index in [1.165, 1.54) is 0 Å². The molecule has 2 aromatic carbocycles. The Morgan fingerprint density at radius 3 is 2.17 bits per heavy atom. The molecule has 0 saturated carbocycles. The molecule has 0 radical (unpaired) electrons. The SMILES string of the molecule is CCC(C)Oc1ccc(NC(=O)C(C)Oc2ccccc2)cc1. The van der Waals surface area contributed by atoms with E-state index in [1.54, 1.807) is 6.92 Å². The average Bonchev–Trinajstić information content (AvgIpc) is 2.57. The lowest BCUT2D eigenvalue weighted by atomic mass is 10.2. The molecule has 1 N–H and O–H groups in total. The molecule has 2 unspecified atom stereocenters. The molecule has 2 aromatic rings.